The largest absolute Gasteiger partial charge is 0.488 e. The van der Waals surface area contributed by atoms with Crippen LogP contribution in [0.25, 0.3) is 10.8 Å². The molecule has 2 aromatic carbocycles. The summed E-state index contributed by atoms with van der Waals surface area (Å²) < 4.78 is 11.3. The standard InChI is InChI=1S/C20H23NO5/c1-20(2,3)26-19(24)21-12-16(11-17(21)18(22)23)25-15-9-8-13-6-4-5-7-14(13)10-15/h4-10,16-17H,11-12H2,1-3H3,(H,22,23). The summed E-state index contributed by atoms with van der Waals surface area (Å²) in [4.78, 5) is 25.1. The van der Waals surface area contributed by atoms with Crippen molar-refractivity contribution in [3.8, 4) is 5.75 Å². The summed E-state index contributed by atoms with van der Waals surface area (Å²) >= 11 is 0. The minimum atomic E-state index is -1.06. The summed E-state index contributed by atoms with van der Waals surface area (Å²) in [5, 5.41) is 11.6. The van der Waals surface area contributed by atoms with Gasteiger partial charge in [0.25, 0.3) is 0 Å². The number of carbonyl (C=O) groups is 2. The summed E-state index contributed by atoms with van der Waals surface area (Å²) in [6.45, 7) is 5.43. The minimum Gasteiger partial charge on any atom is -0.488 e. The van der Waals surface area contributed by atoms with E-state index in [2.05, 4.69) is 0 Å². The van der Waals surface area contributed by atoms with Crippen LogP contribution in [-0.4, -0.2) is 46.4 Å². The Hall–Kier alpha value is -2.76. The zero-order chi connectivity index (χ0) is 18.9. The van der Waals surface area contributed by atoms with Gasteiger partial charge >= 0.3 is 12.1 Å². The lowest BCUT2D eigenvalue weighted by molar-refractivity contribution is -0.142. The van der Waals surface area contributed by atoms with Gasteiger partial charge in [0, 0.05) is 6.42 Å². The number of likely N-dealkylation sites (tertiary alicyclic amines) is 1. The van der Waals surface area contributed by atoms with Crippen LogP contribution in [-0.2, 0) is 9.53 Å². The highest BCUT2D eigenvalue weighted by Gasteiger charge is 2.42. The van der Waals surface area contributed by atoms with Crippen molar-refractivity contribution in [1.29, 1.82) is 0 Å². The number of ether oxygens (including phenoxy) is 2. The summed E-state index contributed by atoms with van der Waals surface area (Å²) in [7, 11) is 0. The van der Waals surface area contributed by atoms with E-state index >= 15 is 0 Å². The van der Waals surface area contributed by atoms with E-state index in [4.69, 9.17) is 9.47 Å². The lowest BCUT2D eigenvalue weighted by Gasteiger charge is -2.26. The highest BCUT2D eigenvalue weighted by atomic mass is 16.6. The fraction of sp³-hybridized carbons (Fsp3) is 0.400. The van der Waals surface area contributed by atoms with Gasteiger partial charge in [-0.2, -0.15) is 0 Å². The molecule has 1 aliphatic heterocycles. The first-order valence-electron chi connectivity index (χ1n) is 8.61. The lowest BCUT2D eigenvalue weighted by Crippen LogP contribution is -2.43. The SMILES string of the molecule is CC(C)(C)OC(=O)N1CC(Oc2ccc3ccccc3c2)CC1C(=O)O. The van der Waals surface area contributed by atoms with E-state index in [0.29, 0.717) is 5.75 Å². The van der Waals surface area contributed by atoms with Crippen LogP contribution in [0, 0.1) is 0 Å². The molecule has 6 heteroatoms. The number of benzene rings is 2. The van der Waals surface area contributed by atoms with E-state index in [9.17, 15) is 14.7 Å². The molecule has 6 nitrogen and oxygen atoms in total. The molecular formula is C20H23NO5. The van der Waals surface area contributed by atoms with E-state index < -0.39 is 29.8 Å². The molecule has 1 heterocycles. The van der Waals surface area contributed by atoms with Crippen LogP contribution < -0.4 is 4.74 Å². The topological polar surface area (TPSA) is 76.1 Å². The molecule has 26 heavy (non-hydrogen) atoms. The Balaban J connectivity index is 1.74. The monoisotopic (exact) mass is 357 g/mol. The van der Waals surface area contributed by atoms with Crippen molar-refractivity contribution in [2.24, 2.45) is 0 Å². The smallest absolute Gasteiger partial charge is 0.411 e. The van der Waals surface area contributed by atoms with Crippen molar-refractivity contribution in [2.45, 2.75) is 44.9 Å². The van der Waals surface area contributed by atoms with E-state index in [1.807, 2.05) is 42.5 Å². The Morgan fingerprint density at radius 2 is 1.81 bits per heavy atom. The predicted octanol–water partition coefficient (Wildman–Crippen LogP) is 3.68. The van der Waals surface area contributed by atoms with Gasteiger partial charge < -0.3 is 14.6 Å². The number of hydrogen-bond acceptors (Lipinski definition) is 4. The molecule has 1 fully saturated rings. The molecule has 0 radical (unpaired) electrons. The maximum atomic E-state index is 12.3. The first kappa shape index (κ1) is 18.0. The van der Waals surface area contributed by atoms with Gasteiger partial charge in [0.2, 0.25) is 0 Å². The van der Waals surface area contributed by atoms with Crippen LogP contribution in [0.2, 0.25) is 0 Å². The Labute approximate surface area is 152 Å². The van der Waals surface area contributed by atoms with Crippen molar-refractivity contribution in [1.82, 2.24) is 4.90 Å². The second-order valence-electron chi connectivity index (χ2n) is 7.47. The first-order valence-corrected chi connectivity index (χ1v) is 8.61. The molecular weight excluding hydrogens is 334 g/mol. The Morgan fingerprint density at radius 3 is 2.46 bits per heavy atom. The third kappa shape index (κ3) is 4.07. The summed E-state index contributed by atoms with van der Waals surface area (Å²) in [6, 6.07) is 12.7. The molecule has 2 atom stereocenters. The lowest BCUT2D eigenvalue weighted by atomic mass is 10.1. The van der Waals surface area contributed by atoms with Gasteiger partial charge in [0.05, 0.1) is 6.54 Å². The Bertz CT molecular complexity index is 826. The van der Waals surface area contributed by atoms with E-state index in [0.717, 1.165) is 10.8 Å². The average molecular weight is 357 g/mol. The number of rotatable bonds is 3. The summed E-state index contributed by atoms with van der Waals surface area (Å²) in [5.41, 5.74) is -0.683. The fourth-order valence-electron chi connectivity index (χ4n) is 3.07. The van der Waals surface area contributed by atoms with Crippen molar-refractivity contribution < 1.29 is 24.2 Å². The van der Waals surface area contributed by atoms with Crippen molar-refractivity contribution in [3.05, 3.63) is 42.5 Å². The minimum absolute atomic E-state index is 0.179. The van der Waals surface area contributed by atoms with Gasteiger partial charge in [-0.15, -0.1) is 0 Å². The Kier molecular flexibility index (Phi) is 4.76. The van der Waals surface area contributed by atoms with E-state index in [1.165, 1.54) is 4.90 Å². The zero-order valence-electron chi connectivity index (χ0n) is 15.1. The second kappa shape index (κ2) is 6.86. The van der Waals surface area contributed by atoms with Gasteiger partial charge in [-0.05, 0) is 43.7 Å². The van der Waals surface area contributed by atoms with Crippen LogP contribution >= 0.6 is 0 Å². The highest BCUT2D eigenvalue weighted by Crippen LogP contribution is 2.27. The van der Waals surface area contributed by atoms with Crippen molar-refractivity contribution in [2.75, 3.05) is 6.54 Å². The van der Waals surface area contributed by atoms with Crippen molar-refractivity contribution in [3.63, 3.8) is 0 Å². The third-order valence-electron chi connectivity index (χ3n) is 4.20. The Morgan fingerprint density at radius 1 is 1.12 bits per heavy atom. The molecule has 1 N–H and O–H groups in total. The van der Waals surface area contributed by atoms with E-state index in [1.54, 1.807) is 20.8 Å². The number of aliphatic carboxylic acids is 1. The molecule has 1 saturated heterocycles. The molecule has 1 amide bonds. The summed E-state index contributed by atoms with van der Waals surface area (Å²) in [6.07, 6.45) is -0.805. The van der Waals surface area contributed by atoms with E-state index in [-0.39, 0.29) is 13.0 Å². The molecule has 138 valence electrons. The molecule has 0 spiro atoms. The van der Waals surface area contributed by atoms with Crippen LogP contribution in [0.1, 0.15) is 27.2 Å². The molecule has 0 aliphatic carbocycles. The molecule has 1 aliphatic rings. The van der Waals surface area contributed by atoms with Crippen LogP contribution in [0.15, 0.2) is 42.5 Å². The zero-order valence-corrected chi connectivity index (χ0v) is 15.1. The van der Waals surface area contributed by atoms with Gasteiger partial charge in [0.1, 0.15) is 23.5 Å². The van der Waals surface area contributed by atoms with Crippen LogP contribution in [0.3, 0.4) is 0 Å². The average Bonchev–Trinajstić information content (AvgIpc) is 2.97. The molecule has 2 unspecified atom stereocenters. The van der Waals surface area contributed by atoms with Gasteiger partial charge in [-0.3, -0.25) is 4.90 Å². The van der Waals surface area contributed by atoms with Crippen molar-refractivity contribution >= 4 is 22.8 Å². The number of nitrogens with zero attached hydrogens (tertiary/aromatic N) is 1. The molecule has 0 saturated carbocycles. The highest BCUT2D eigenvalue weighted by molar-refractivity contribution is 5.84. The van der Waals surface area contributed by atoms with Crippen LogP contribution in [0.5, 0.6) is 5.75 Å². The number of fused-ring (bicyclic) bond motifs is 1. The summed E-state index contributed by atoms with van der Waals surface area (Å²) in [5.74, 6) is -0.399. The molecule has 3 rings (SSSR count). The number of amides is 1. The van der Waals surface area contributed by atoms with Gasteiger partial charge in [-0.25, -0.2) is 9.59 Å². The normalized spacial score (nSPS) is 20.2. The fourth-order valence-corrected chi connectivity index (χ4v) is 3.07. The maximum Gasteiger partial charge on any atom is 0.411 e. The molecule has 2 aromatic rings. The van der Waals surface area contributed by atoms with Gasteiger partial charge in [0.15, 0.2) is 0 Å². The number of carbonyl (C=O) groups excluding carboxylic acids is 1. The molecule has 0 aromatic heterocycles. The molecule has 0 bridgehead atoms. The maximum absolute atomic E-state index is 12.3. The quantitative estimate of drug-likeness (QED) is 0.907. The third-order valence-corrected chi connectivity index (χ3v) is 4.20. The van der Waals surface area contributed by atoms with Crippen LogP contribution in [0.4, 0.5) is 4.79 Å². The number of carboxylic acids is 1. The van der Waals surface area contributed by atoms with Gasteiger partial charge in [-0.1, -0.05) is 30.3 Å². The number of carboxylic acid groups (broad SMARTS) is 1. The second-order valence-corrected chi connectivity index (χ2v) is 7.47. The first-order chi connectivity index (χ1) is 12.2. The predicted molar refractivity (Wildman–Crippen MR) is 97.3 cm³/mol. The number of hydrogen-bond donors (Lipinski definition) is 1.